The van der Waals surface area contributed by atoms with Gasteiger partial charge in [-0.3, -0.25) is 4.79 Å². The molecule has 28 heavy (non-hydrogen) atoms. The topological polar surface area (TPSA) is 73.3 Å². The minimum Gasteiger partial charge on any atom is -0.508 e. The number of aromatic amines is 1. The first-order valence-corrected chi connectivity index (χ1v) is 9.32. The molecule has 2 aromatic rings. The normalized spacial score (nSPS) is 11.5. The lowest BCUT2D eigenvalue weighted by Gasteiger charge is -2.02. The molecular formula is C24H29NO3. The number of phenolic OH excluding ortho intramolecular Hbond substituents is 2. The second kappa shape index (κ2) is 12.2. The van der Waals surface area contributed by atoms with Gasteiger partial charge in [-0.1, -0.05) is 57.6 Å². The number of carbonyl (C=O) groups excluding carboxylic acids is 1. The molecule has 0 unspecified atom stereocenters. The highest BCUT2D eigenvalue weighted by atomic mass is 16.3. The van der Waals surface area contributed by atoms with Crippen molar-refractivity contribution >= 4 is 17.9 Å². The number of aromatic nitrogens is 1. The fourth-order valence-electron chi connectivity index (χ4n) is 2.16. The Balaban J connectivity index is 0.000000892. The molecule has 0 saturated heterocycles. The number of rotatable bonds is 7. The van der Waals surface area contributed by atoms with E-state index in [0.717, 1.165) is 17.6 Å². The Morgan fingerprint density at radius 3 is 2.43 bits per heavy atom. The zero-order chi connectivity index (χ0) is 20.9. The molecule has 0 amide bonds. The maximum atomic E-state index is 10.8. The molecule has 148 valence electrons. The van der Waals surface area contributed by atoms with Gasteiger partial charge in [-0.05, 0) is 48.4 Å². The quantitative estimate of drug-likeness (QED) is 0.301. The maximum absolute atomic E-state index is 10.8. The van der Waals surface area contributed by atoms with Crippen LogP contribution in [0.4, 0.5) is 0 Å². The Hall–Kier alpha value is -3.27. The van der Waals surface area contributed by atoms with Gasteiger partial charge < -0.3 is 15.2 Å². The van der Waals surface area contributed by atoms with Gasteiger partial charge >= 0.3 is 0 Å². The number of H-pyrrole nitrogens is 1. The number of benzene rings is 1. The van der Waals surface area contributed by atoms with E-state index in [9.17, 15) is 15.0 Å². The molecule has 0 fully saturated rings. The fourth-order valence-corrected chi connectivity index (χ4v) is 2.16. The van der Waals surface area contributed by atoms with Gasteiger partial charge in [0.15, 0.2) is 6.29 Å². The van der Waals surface area contributed by atoms with Gasteiger partial charge in [0.05, 0.1) is 0 Å². The first kappa shape index (κ1) is 22.8. The molecule has 0 spiro atoms. The Kier molecular flexibility index (Phi) is 9.90. The molecule has 0 radical (unpaired) electrons. The maximum Gasteiger partial charge on any atom is 0.151 e. The van der Waals surface area contributed by atoms with Crippen molar-refractivity contribution in [2.24, 2.45) is 0 Å². The summed E-state index contributed by atoms with van der Waals surface area (Å²) in [5.41, 5.74) is 3.46. The van der Waals surface area contributed by atoms with E-state index < -0.39 is 0 Å². The third-order valence-corrected chi connectivity index (χ3v) is 3.83. The van der Waals surface area contributed by atoms with Gasteiger partial charge in [0.2, 0.25) is 0 Å². The van der Waals surface area contributed by atoms with E-state index in [1.807, 2.05) is 25.2 Å². The lowest BCUT2D eigenvalue weighted by molar-refractivity contribution is 0.112. The van der Waals surface area contributed by atoms with Crippen LogP contribution in [0.15, 0.2) is 66.9 Å². The van der Waals surface area contributed by atoms with Crippen LogP contribution in [0.2, 0.25) is 0 Å². The highest BCUT2D eigenvalue weighted by Gasteiger charge is 2.03. The monoisotopic (exact) mass is 379 g/mol. The lowest BCUT2D eigenvalue weighted by Crippen LogP contribution is -1.82. The third-order valence-electron chi connectivity index (χ3n) is 3.83. The zero-order valence-corrected chi connectivity index (χ0v) is 16.8. The number of phenols is 2. The van der Waals surface area contributed by atoms with Gasteiger partial charge in [-0.25, -0.2) is 0 Å². The number of hydrogen-bond acceptors (Lipinski definition) is 3. The number of hydrogen-bond donors (Lipinski definition) is 3. The second-order valence-corrected chi connectivity index (χ2v) is 6.22. The molecule has 1 aromatic carbocycles. The summed E-state index contributed by atoms with van der Waals surface area (Å²) in [5.74, 6) is 0.158. The first-order valence-electron chi connectivity index (χ1n) is 9.32. The summed E-state index contributed by atoms with van der Waals surface area (Å²) < 4.78 is 0. The second-order valence-electron chi connectivity index (χ2n) is 6.22. The molecule has 0 aliphatic rings. The highest BCUT2D eigenvalue weighted by Crippen LogP contribution is 2.24. The Bertz CT molecular complexity index is 868. The molecule has 3 N–H and O–H groups in total. The van der Waals surface area contributed by atoms with E-state index in [-0.39, 0.29) is 11.5 Å². The molecule has 0 atom stereocenters. The molecule has 1 aromatic heterocycles. The Morgan fingerprint density at radius 1 is 1.14 bits per heavy atom. The molecule has 4 nitrogen and oxygen atoms in total. The summed E-state index contributed by atoms with van der Waals surface area (Å²) in [4.78, 5) is 13.9. The smallest absolute Gasteiger partial charge is 0.151 e. The molecule has 0 aliphatic heterocycles. The summed E-state index contributed by atoms with van der Waals surface area (Å²) in [6.07, 6.45) is 14.1. The van der Waals surface area contributed by atoms with Gasteiger partial charge in [-0.2, -0.15) is 0 Å². The van der Waals surface area contributed by atoms with E-state index >= 15 is 0 Å². The predicted octanol–water partition coefficient (Wildman–Crippen LogP) is 6.27. The predicted molar refractivity (Wildman–Crippen MR) is 117 cm³/mol. The standard InChI is InChI=1S/C20H19NO3.C4H10/c1-3-4-16(19-10-15(13-22)12-21-19)9-14(2)5-6-17-11-18(23)7-8-20(17)24;1-3-4-2/h3-13,21,23-24H,2H2,1H3;3-4H2,1-2H3/b4-3-,6-5+,16-9+;. The van der Waals surface area contributed by atoms with Crippen LogP contribution in [0.3, 0.4) is 0 Å². The van der Waals surface area contributed by atoms with Crippen molar-refractivity contribution in [3.8, 4) is 11.5 Å². The number of nitrogens with one attached hydrogen (secondary N) is 1. The van der Waals surface area contributed by atoms with E-state index in [1.165, 1.54) is 31.0 Å². The molecule has 0 saturated carbocycles. The number of aldehydes is 1. The summed E-state index contributed by atoms with van der Waals surface area (Å²) in [6.45, 7) is 10.2. The van der Waals surface area contributed by atoms with Crippen LogP contribution in [0, 0.1) is 0 Å². The molecule has 1 heterocycles. The SMILES string of the molecule is C=C(/C=C/c1cc(O)ccc1O)/C=C(\C=C/C)c1cc(C=O)c[nH]1.CCCC. The van der Waals surface area contributed by atoms with Crippen LogP contribution >= 0.6 is 0 Å². The van der Waals surface area contributed by atoms with E-state index in [0.29, 0.717) is 16.7 Å². The van der Waals surface area contributed by atoms with Crippen LogP contribution < -0.4 is 0 Å². The minimum absolute atomic E-state index is 0.0782. The molecule has 2 rings (SSSR count). The van der Waals surface area contributed by atoms with Crippen molar-refractivity contribution in [3.63, 3.8) is 0 Å². The molecule has 4 heteroatoms. The average molecular weight is 380 g/mol. The van der Waals surface area contributed by atoms with Crippen molar-refractivity contribution in [2.45, 2.75) is 33.6 Å². The van der Waals surface area contributed by atoms with Crippen molar-refractivity contribution < 1.29 is 15.0 Å². The third kappa shape index (κ3) is 7.54. The van der Waals surface area contributed by atoms with Crippen LogP contribution in [0.5, 0.6) is 11.5 Å². The molecular weight excluding hydrogens is 350 g/mol. The van der Waals surface area contributed by atoms with Gasteiger partial charge in [0, 0.05) is 23.0 Å². The molecule has 0 aliphatic carbocycles. The van der Waals surface area contributed by atoms with Gasteiger partial charge in [0.25, 0.3) is 0 Å². The lowest BCUT2D eigenvalue weighted by atomic mass is 10.1. The number of allylic oxidation sites excluding steroid dienone is 6. The van der Waals surface area contributed by atoms with Crippen LogP contribution in [0.25, 0.3) is 11.6 Å². The van der Waals surface area contributed by atoms with E-state index in [4.69, 9.17) is 0 Å². The van der Waals surface area contributed by atoms with E-state index in [1.54, 1.807) is 24.4 Å². The average Bonchev–Trinajstić information content (AvgIpc) is 3.18. The summed E-state index contributed by atoms with van der Waals surface area (Å²) >= 11 is 0. The van der Waals surface area contributed by atoms with Gasteiger partial charge in [0.1, 0.15) is 11.5 Å². The molecule has 0 bridgehead atoms. The summed E-state index contributed by atoms with van der Waals surface area (Å²) in [6, 6.07) is 6.08. The van der Waals surface area contributed by atoms with Crippen molar-refractivity contribution in [1.29, 1.82) is 0 Å². The first-order chi connectivity index (χ1) is 13.4. The van der Waals surface area contributed by atoms with Gasteiger partial charge in [-0.15, -0.1) is 0 Å². The van der Waals surface area contributed by atoms with Crippen molar-refractivity contribution in [3.05, 3.63) is 83.7 Å². The number of unbranched alkanes of at least 4 members (excludes halogenated alkanes) is 1. The number of carbonyl (C=O) groups is 1. The Morgan fingerprint density at radius 2 is 1.86 bits per heavy atom. The summed E-state index contributed by atoms with van der Waals surface area (Å²) in [7, 11) is 0. The van der Waals surface area contributed by atoms with Crippen LogP contribution in [0.1, 0.15) is 55.2 Å². The largest absolute Gasteiger partial charge is 0.508 e. The van der Waals surface area contributed by atoms with Crippen LogP contribution in [-0.4, -0.2) is 21.5 Å². The fraction of sp³-hybridized carbons (Fsp3) is 0.208. The number of aromatic hydroxyl groups is 2. The minimum atomic E-state index is 0.0782. The van der Waals surface area contributed by atoms with Crippen molar-refractivity contribution in [2.75, 3.05) is 0 Å². The zero-order valence-electron chi connectivity index (χ0n) is 16.8. The highest BCUT2D eigenvalue weighted by molar-refractivity contribution is 5.81. The van der Waals surface area contributed by atoms with Crippen LogP contribution in [-0.2, 0) is 0 Å². The Labute approximate surface area is 167 Å². The summed E-state index contributed by atoms with van der Waals surface area (Å²) in [5, 5.41) is 19.2. The van der Waals surface area contributed by atoms with Crippen molar-refractivity contribution in [1.82, 2.24) is 4.98 Å². The van der Waals surface area contributed by atoms with E-state index in [2.05, 4.69) is 25.4 Å².